The molecular formula is C28H33N3O. The Morgan fingerprint density at radius 2 is 1.34 bits per heavy atom. The van der Waals surface area contributed by atoms with Crippen molar-refractivity contribution in [2.75, 3.05) is 38.0 Å². The number of rotatable bonds is 9. The average molecular weight is 428 g/mol. The normalized spacial score (nSPS) is 18.2. The molecule has 1 saturated heterocycles. The summed E-state index contributed by atoms with van der Waals surface area (Å²) in [5, 5.41) is 3.72. The van der Waals surface area contributed by atoms with E-state index in [0.717, 1.165) is 50.7 Å². The summed E-state index contributed by atoms with van der Waals surface area (Å²) < 4.78 is 6.14. The van der Waals surface area contributed by atoms with Crippen molar-refractivity contribution in [3.05, 3.63) is 96.1 Å². The minimum Gasteiger partial charge on any atom is -0.487 e. The van der Waals surface area contributed by atoms with Crippen LogP contribution in [0.3, 0.4) is 0 Å². The van der Waals surface area contributed by atoms with Gasteiger partial charge in [0, 0.05) is 44.8 Å². The fourth-order valence-electron chi connectivity index (χ4n) is 4.70. The van der Waals surface area contributed by atoms with E-state index in [4.69, 9.17) is 4.74 Å². The molecule has 0 spiro atoms. The summed E-state index contributed by atoms with van der Waals surface area (Å²) in [5.41, 5.74) is 4.01. The zero-order chi connectivity index (χ0) is 21.6. The second-order valence-electron chi connectivity index (χ2n) is 9.10. The van der Waals surface area contributed by atoms with Gasteiger partial charge in [0.2, 0.25) is 0 Å². The fourth-order valence-corrected chi connectivity index (χ4v) is 4.70. The van der Waals surface area contributed by atoms with Crippen molar-refractivity contribution in [3.63, 3.8) is 0 Å². The smallest absolute Gasteiger partial charge is 0.142 e. The van der Waals surface area contributed by atoms with Crippen LogP contribution in [0.4, 0.5) is 5.69 Å². The maximum Gasteiger partial charge on any atom is 0.142 e. The van der Waals surface area contributed by atoms with Gasteiger partial charge in [-0.2, -0.15) is 0 Å². The summed E-state index contributed by atoms with van der Waals surface area (Å²) >= 11 is 0. The quantitative estimate of drug-likeness (QED) is 0.518. The topological polar surface area (TPSA) is 27.7 Å². The van der Waals surface area contributed by atoms with Crippen LogP contribution in [0.2, 0.25) is 0 Å². The molecule has 32 heavy (non-hydrogen) atoms. The lowest BCUT2D eigenvalue weighted by Gasteiger charge is -2.40. The van der Waals surface area contributed by atoms with Gasteiger partial charge in [0.05, 0.1) is 5.69 Å². The zero-order valence-corrected chi connectivity index (χ0v) is 18.7. The van der Waals surface area contributed by atoms with E-state index < -0.39 is 0 Å². The van der Waals surface area contributed by atoms with Crippen LogP contribution in [0.15, 0.2) is 84.9 Å². The van der Waals surface area contributed by atoms with E-state index in [-0.39, 0.29) is 0 Å². The van der Waals surface area contributed by atoms with Crippen molar-refractivity contribution in [2.24, 2.45) is 0 Å². The number of para-hydroxylation sites is 2. The summed E-state index contributed by atoms with van der Waals surface area (Å²) in [6.07, 6.45) is 2.57. The van der Waals surface area contributed by atoms with Crippen LogP contribution in [-0.2, 0) is 13.2 Å². The number of anilines is 1. The van der Waals surface area contributed by atoms with Crippen molar-refractivity contribution in [1.29, 1.82) is 0 Å². The molecule has 0 atom stereocenters. The molecule has 4 heteroatoms. The largest absolute Gasteiger partial charge is 0.487 e. The standard InChI is InChI=1S/C28H33N3O/c1-3-9-24(10-4-1)21-30-17-19-31(20-18-30)28(15-16-28)23-29-26-13-7-8-14-27(26)32-22-25-11-5-2-6-12-25/h1-14,29H,15-23H2. The molecule has 2 aliphatic rings. The van der Waals surface area contributed by atoms with Gasteiger partial charge in [-0.05, 0) is 36.1 Å². The first-order chi connectivity index (χ1) is 15.8. The molecule has 1 aliphatic heterocycles. The van der Waals surface area contributed by atoms with E-state index in [1.807, 2.05) is 12.1 Å². The molecule has 1 heterocycles. The van der Waals surface area contributed by atoms with Gasteiger partial charge in [-0.15, -0.1) is 0 Å². The molecule has 3 aromatic rings. The van der Waals surface area contributed by atoms with Crippen molar-refractivity contribution in [1.82, 2.24) is 9.80 Å². The van der Waals surface area contributed by atoms with Gasteiger partial charge in [-0.1, -0.05) is 72.8 Å². The minimum absolute atomic E-state index is 0.311. The summed E-state index contributed by atoms with van der Waals surface area (Å²) in [6.45, 7) is 7.24. The lowest BCUT2D eigenvalue weighted by Crippen LogP contribution is -2.53. The SMILES string of the molecule is c1ccc(COc2ccccc2NCC2(N3CCN(Cc4ccccc4)CC3)CC2)cc1. The van der Waals surface area contributed by atoms with Crippen LogP contribution in [0.1, 0.15) is 24.0 Å². The lowest BCUT2D eigenvalue weighted by molar-refractivity contribution is 0.0856. The van der Waals surface area contributed by atoms with E-state index in [9.17, 15) is 0 Å². The third-order valence-electron chi connectivity index (χ3n) is 6.85. The third-order valence-corrected chi connectivity index (χ3v) is 6.85. The predicted octanol–water partition coefficient (Wildman–Crippen LogP) is 5.03. The first-order valence-electron chi connectivity index (χ1n) is 11.8. The van der Waals surface area contributed by atoms with Crippen LogP contribution in [0.5, 0.6) is 5.75 Å². The molecule has 166 valence electrons. The van der Waals surface area contributed by atoms with Gasteiger partial charge in [-0.25, -0.2) is 0 Å². The van der Waals surface area contributed by atoms with E-state index in [1.165, 1.54) is 24.0 Å². The Bertz CT molecular complexity index is 980. The molecule has 0 aromatic heterocycles. The minimum atomic E-state index is 0.311. The molecule has 2 fully saturated rings. The molecular weight excluding hydrogens is 394 g/mol. The maximum atomic E-state index is 6.14. The summed E-state index contributed by atoms with van der Waals surface area (Å²) in [4.78, 5) is 5.30. The van der Waals surface area contributed by atoms with Gasteiger partial charge in [0.15, 0.2) is 0 Å². The monoisotopic (exact) mass is 427 g/mol. The molecule has 1 N–H and O–H groups in total. The fraction of sp³-hybridized carbons (Fsp3) is 0.357. The number of nitrogens with zero attached hydrogens (tertiary/aromatic N) is 2. The molecule has 0 radical (unpaired) electrons. The van der Waals surface area contributed by atoms with Crippen LogP contribution < -0.4 is 10.1 Å². The zero-order valence-electron chi connectivity index (χ0n) is 18.7. The number of hydrogen-bond donors (Lipinski definition) is 1. The highest BCUT2D eigenvalue weighted by atomic mass is 16.5. The Balaban J connectivity index is 1.14. The van der Waals surface area contributed by atoms with Gasteiger partial charge in [-0.3, -0.25) is 9.80 Å². The van der Waals surface area contributed by atoms with Gasteiger partial charge in [0.1, 0.15) is 12.4 Å². The average Bonchev–Trinajstić information content (AvgIpc) is 3.65. The number of benzene rings is 3. The summed E-state index contributed by atoms with van der Waals surface area (Å²) in [6, 6.07) is 29.5. The van der Waals surface area contributed by atoms with Gasteiger partial charge >= 0.3 is 0 Å². The maximum absolute atomic E-state index is 6.14. The molecule has 3 aromatic carbocycles. The van der Waals surface area contributed by atoms with E-state index >= 15 is 0 Å². The second-order valence-corrected chi connectivity index (χ2v) is 9.10. The van der Waals surface area contributed by atoms with Gasteiger partial charge in [0.25, 0.3) is 0 Å². The Kier molecular flexibility index (Phi) is 6.42. The Labute approximate surface area is 191 Å². The Morgan fingerprint density at radius 3 is 2.03 bits per heavy atom. The second kappa shape index (κ2) is 9.76. The molecule has 5 rings (SSSR count). The van der Waals surface area contributed by atoms with Crippen molar-refractivity contribution in [2.45, 2.75) is 31.5 Å². The lowest BCUT2D eigenvalue weighted by atomic mass is 10.1. The van der Waals surface area contributed by atoms with Crippen LogP contribution in [0, 0.1) is 0 Å². The highest BCUT2D eigenvalue weighted by molar-refractivity contribution is 5.56. The van der Waals surface area contributed by atoms with E-state index in [0.29, 0.717) is 12.1 Å². The Hall–Kier alpha value is -2.82. The third kappa shape index (κ3) is 5.14. The molecule has 0 amide bonds. The van der Waals surface area contributed by atoms with Crippen molar-refractivity contribution < 1.29 is 4.74 Å². The molecule has 1 aliphatic carbocycles. The van der Waals surface area contributed by atoms with Crippen molar-refractivity contribution in [3.8, 4) is 5.75 Å². The first-order valence-corrected chi connectivity index (χ1v) is 11.8. The highest BCUT2D eigenvalue weighted by Gasteiger charge is 2.48. The van der Waals surface area contributed by atoms with Crippen LogP contribution in [0.25, 0.3) is 0 Å². The van der Waals surface area contributed by atoms with Crippen LogP contribution in [-0.4, -0.2) is 48.1 Å². The van der Waals surface area contributed by atoms with Gasteiger partial charge < -0.3 is 10.1 Å². The molecule has 4 nitrogen and oxygen atoms in total. The Morgan fingerprint density at radius 1 is 0.719 bits per heavy atom. The summed E-state index contributed by atoms with van der Waals surface area (Å²) in [7, 11) is 0. The van der Waals surface area contributed by atoms with Crippen molar-refractivity contribution >= 4 is 5.69 Å². The number of piperazine rings is 1. The molecule has 1 saturated carbocycles. The summed E-state index contributed by atoms with van der Waals surface area (Å²) in [5.74, 6) is 0.930. The molecule has 0 unspecified atom stereocenters. The molecule has 0 bridgehead atoms. The first kappa shape index (κ1) is 21.0. The highest BCUT2D eigenvalue weighted by Crippen LogP contribution is 2.43. The number of hydrogen-bond acceptors (Lipinski definition) is 4. The number of nitrogens with one attached hydrogen (secondary N) is 1. The predicted molar refractivity (Wildman–Crippen MR) is 131 cm³/mol. The number of ether oxygens (including phenoxy) is 1. The van der Waals surface area contributed by atoms with E-state index in [2.05, 4.69) is 87.9 Å². The van der Waals surface area contributed by atoms with Crippen LogP contribution >= 0.6 is 0 Å². The van der Waals surface area contributed by atoms with E-state index in [1.54, 1.807) is 0 Å².